The smallest absolute Gasteiger partial charge is 0.225 e. The van der Waals surface area contributed by atoms with E-state index in [0.717, 1.165) is 35.5 Å². The largest absolute Gasteiger partial charge is 0.393 e. The minimum Gasteiger partial charge on any atom is -0.393 e. The summed E-state index contributed by atoms with van der Waals surface area (Å²) in [5.41, 5.74) is 3.71. The van der Waals surface area contributed by atoms with E-state index < -0.39 is 6.10 Å². The van der Waals surface area contributed by atoms with E-state index >= 15 is 0 Å². The van der Waals surface area contributed by atoms with Crippen LogP contribution in [-0.4, -0.2) is 58.3 Å². The van der Waals surface area contributed by atoms with E-state index in [9.17, 15) is 15.2 Å². The van der Waals surface area contributed by atoms with Crippen LogP contribution in [0.25, 0.3) is 0 Å². The highest BCUT2D eigenvalue weighted by Crippen LogP contribution is 2.46. The van der Waals surface area contributed by atoms with Crippen molar-refractivity contribution in [3.63, 3.8) is 0 Å². The molecule has 7 nitrogen and oxygen atoms in total. The third-order valence-electron chi connectivity index (χ3n) is 6.99. The second kappa shape index (κ2) is 8.64. The summed E-state index contributed by atoms with van der Waals surface area (Å²) in [6.07, 6.45) is 2.49. The molecule has 2 fully saturated rings. The number of aliphatic hydroxyl groups is 1. The number of nitriles is 1. The van der Waals surface area contributed by atoms with Crippen LogP contribution in [-0.2, 0) is 22.6 Å². The molecule has 7 heteroatoms. The van der Waals surface area contributed by atoms with Gasteiger partial charge in [0.1, 0.15) is 11.9 Å². The van der Waals surface area contributed by atoms with E-state index in [1.54, 1.807) is 6.92 Å². The van der Waals surface area contributed by atoms with Crippen molar-refractivity contribution in [1.29, 1.82) is 5.26 Å². The van der Waals surface area contributed by atoms with Crippen molar-refractivity contribution in [2.75, 3.05) is 24.5 Å². The third-order valence-corrected chi connectivity index (χ3v) is 6.99. The van der Waals surface area contributed by atoms with Crippen LogP contribution in [0.15, 0.2) is 0 Å². The number of hydrogen-bond acceptors (Lipinski definition) is 6. The van der Waals surface area contributed by atoms with E-state index in [1.807, 2.05) is 4.90 Å². The first-order chi connectivity index (χ1) is 15.1. The van der Waals surface area contributed by atoms with Gasteiger partial charge >= 0.3 is 0 Å². The van der Waals surface area contributed by atoms with E-state index in [-0.39, 0.29) is 29.9 Å². The number of amides is 1. The van der Waals surface area contributed by atoms with Gasteiger partial charge < -0.3 is 19.6 Å². The maximum Gasteiger partial charge on any atom is 0.225 e. The van der Waals surface area contributed by atoms with Crippen LogP contribution in [0.1, 0.15) is 82.2 Å². The molecular weight excluding hydrogens is 404 g/mol. The molecular formula is C25H36N4O3. The number of fused-ring (bicyclic) bond motifs is 1. The molecule has 4 rings (SSSR count). The average molecular weight is 441 g/mol. The van der Waals surface area contributed by atoms with Crippen molar-refractivity contribution in [3.05, 3.63) is 22.4 Å². The summed E-state index contributed by atoms with van der Waals surface area (Å²) in [4.78, 5) is 22.0. The molecule has 3 heterocycles. The van der Waals surface area contributed by atoms with Gasteiger partial charge in [0.2, 0.25) is 5.91 Å². The maximum atomic E-state index is 12.8. The maximum absolute atomic E-state index is 12.8. The zero-order valence-corrected chi connectivity index (χ0v) is 20.0. The van der Waals surface area contributed by atoms with Crippen LogP contribution < -0.4 is 4.90 Å². The number of piperazine rings is 1. The van der Waals surface area contributed by atoms with Crippen LogP contribution in [0, 0.1) is 17.2 Å². The summed E-state index contributed by atoms with van der Waals surface area (Å²) in [7, 11) is 0. The topological polar surface area (TPSA) is 89.7 Å². The molecule has 2 atom stereocenters. The molecule has 0 spiro atoms. The van der Waals surface area contributed by atoms with Gasteiger partial charge in [0.05, 0.1) is 42.0 Å². The number of hydrogen-bond donors (Lipinski definition) is 1. The van der Waals surface area contributed by atoms with E-state index in [4.69, 9.17) is 9.72 Å². The zero-order valence-electron chi connectivity index (χ0n) is 20.0. The lowest BCUT2D eigenvalue weighted by atomic mass is 9.87. The second-order valence-corrected chi connectivity index (χ2v) is 10.7. The fourth-order valence-electron chi connectivity index (χ4n) is 5.07. The summed E-state index contributed by atoms with van der Waals surface area (Å²) in [5.74, 6) is 1.50. The molecule has 174 valence electrons. The Morgan fingerprint density at radius 2 is 2.00 bits per heavy atom. The van der Waals surface area contributed by atoms with Crippen LogP contribution in [0.3, 0.4) is 0 Å². The third kappa shape index (κ3) is 4.49. The standard InChI is InChI=1S/C25H36N4O3/c1-15(2)21-13-28(8-9-29(21)22(31)10-16(3)30)24-19(12-26)18-11-25(4,5)32-14-20(18)23(27-24)17-6-7-17/h15-17,21,30H,6-11,13-14H2,1-5H3/t16?,21-/m0/s1. The minimum atomic E-state index is -0.646. The lowest BCUT2D eigenvalue weighted by molar-refractivity contribution is -0.136. The van der Waals surface area contributed by atoms with Gasteiger partial charge in [-0.2, -0.15) is 5.26 Å². The van der Waals surface area contributed by atoms with Gasteiger partial charge in [0.15, 0.2) is 0 Å². The first kappa shape index (κ1) is 23.0. The predicted octanol–water partition coefficient (Wildman–Crippen LogP) is 3.13. The number of pyridine rings is 1. The Hall–Kier alpha value is -2.17. The summed E-state index contributed by atoms with van der Waals surface area (Å²) in [6, 6.07) is 2.49. The van der Waals surface area contributed by atoms with Crippen molar-refractivity contribution >= 4 is 11.7 Å². The minimum absolute atomic E-state index is 0.00479. The lowest BCUT2D eigenvalue weighted by Gasteiger charge is -2.45. The molecule has 1 aromatic rings. The number of rotatable bonds is 5. The number of carbonyl (C=O) groups excluding carboxylic acids is 1. The molecule has 0 aromatic carbocycles. The van der Waals surface area contributed by atoms with E-state index in [2.05, 4.69) is 38.7 Å². The molecule has 1 N–H and O–H groups in total. The highest BCUT2D eigenvalue weighted by molar-refractivity contribution is 5.77. The van der Waals surface area contributed by atoms with Crippen molar-refractivity contribution in [2.24, 2.45) is 5.92 Å². The molecule has 1 unspecified atom stereocenters. The SMILES string of the molecule is CC(O)CC(=O)N1CCN(c2nc(C3CC3)c3c(c2C#N)CC(C)(C)OC3)C[C@H]1C(C)C. The van der Waals surface area contributed by atoms with Gasteiger partial charge in [-0.05, 0) is 45.1 Å². The number of aliphatic hydroxyl groups excluding tert-OH is 1. The lowest BCUT2D eigenvalue weighted by Crippen LogP contribution is -2.58. The quantitative estimate of drug-likeness (QED) is 0.757. The Morgan fingerprint density at radius 1 is 1.28 bits per heavy atom. The molecule has 2 aliphatic heterocycles. The van der Waals surface area contributed by atoms with Crippen molar-refractivity contribution in [1.82, 2.24) is 9.88 Å². The van der Waals surface area contributed by atoms with Gasteiger partial charge in [-0.3, -0.25) is 4.79 Å². The molecule has 0 bridgehead atoms. The molecule has 1 saturated carbocycles. The van der Waals surface area contributed by atoms with Gasteiger partial charge in [-0.25, -0.2) is 4.98 Å². The van der Waals surface area contributed by atoms with Crippen molar-refractivity contribution in [3.8, 4) is 6.07 Å². The molecule has 1 aromatic heterocycles. The number of aromatic nitrogens is 1. The Bertz CT molecular complexity index is 930. The first-order valence-electron chi connectivity index (χ1n) is 11.9. The Labute approximate surface area is 191 Å². The zero-order chi connectivity index (χ0) is 23.2. The molecule has 1 amide bonds. The Morgan fingerprint density at radius 3 is 2.59 bits per heavy atom. The van der Waals surface area contributed by atoms with Crippen LogP contribution in [0.2, 0.25) is 0 Å². The van der Waals surface area contributed by atoms with Crippen LogP contribution >= 0.6 is 0 Å². The fraction of sp³-hybridized carbons (Fsp3) is 0.720. The first-order valence-corrected chi connectivity index (χ1v) is 11.9. The van der Waals surface area contributed by atoms with Gasteiger partial charge in [-0.1, -0.05) is 13.8 Å². The second-order valence-electron chi connectivity index (χ2n) is 10.7. The Kier molecular flexibility index (Phi) is 6.21. The highest BCUT2D eigenvalue weighted by atomic mass is 16.5. The predicted molar refractivity (Wildman–Crippen MR) is 122 cm³/mol. The summed E-state index contributed by atoms with van der Waals surface area (Å²) in [6.45, 7) is 12.4. The van der Waals surface area contributed by atoms with Gasteiger partial charge in [0.25, 0.3) is 0 Å². The number of anilines is 1. The van der Waals surface area contributed by atoms with Crippen LogP contribution in [0.5, 0.6) is 0 Å². The molecule has 0 radical (unpaired) electrons. The number of ether oxygens (including phenoxy) is 1. The number of nitrogens with zero attached hydrogens (tertiary/aromatic N) is 4. The molecule has 32 heavy (non-hydrogen) atoms. The molecule has 3 aliphatic rings. The van der Waals surface area contributed by atoms with Crippen LogP contribution in [0.4, 0.5) is 5.82 Å². The summed E-state index contributed by atoms with van der Waals surface area (Å²) in [5, 5.41) is 19.9. The molecule has 1 aliphatic carbocycles. The van der Waals surface area contributed by atoms with E-state index in [0.29, 0.717) is 44.1 Å². The number of carbonyl (C=O) groups is 1. The monoisotopic (exact) mass is 440 g/mol. The van der Waals surface area contributed by atoms with Crippen molar-refractivity contribution < 1.29 is 14.6 Å². The van der Waals surface area contributed by atoms with Gasteiger partial charge in [0, 0.05) is 37.5 Å². The summed E-state index contributed by atoms with van der Waals surface area (Å²) >= 11 is 0. The fourth-order valence-corrected chi connectivity index (χ4v) is 5.07. The van der Waals surface area contributed by atoms with E-state index in [1.165, 1.54) is 0 Å². The average Bonchev–Trinajstić information content (AvgIpc) is 3.56. The normalized spacial score (nSPS) is 23.6. The highest BCUT2D eigenvalue weighted by Gasteiger charge is 2.39. The van der Waals surface area contributed by atoms with Crippen molar-refractivity contribution in [2.45, 2.75) is 90.6 Å². The summed E-state index contributed by atoms with van der Waals surface area (Å²) < 4.78 is 6.09. The molecule has 1 saturated heterocycles. The van der Waals surface area contributed by atoms with Gasteiger partial charge in [-0.15, -0.1) is 0 Å². The Balaban J connectivity index is 1.70.